The summed E-state index contributed by atoms with van der Waals surface area (Å²) in [5, 5.41) is 14.8. The molecule has 0 unspecified atom stereocenters. The Kier molecular flexibility index (Phi) is 7.19. The molecule has 3 N–H and O–H groups in total. The van der Waals surface area contributed by atoms with Gasteiger partial charge in [0, 0.05) is 18.6 Å². The van der Waals surface area contributed by atoms with E-state index >= 15 is 0 Å². The second-order valence-corrected chi connectivity index (χ2v) is 5.80. The van der Waals surface area contributed by atoms with E-state index in [1.165, 1.54) is 5.56 Å². The van der Waals surface area contributed by atoms with Gasteiger partial charge >= 0.3 is 6.09 Å². The highest BCUT2D eigenvalue weighted by Crippen LogP contribution is 2.18. The van der Waals surface area contributed by atoms with E-state index in [2.05, 4.69) is 22.8 Å². The van der Waals surface area contributed by atoms with Gasteiger partial charge in [-0.1, -0.05) is 30.3 Å². The van der Waals surface area contributed by atoms with Gasteiger partial charge in [-0.25, -0.2) is 4.79 Å². The first-order valence-corrected chi connectivity index (χ1v) is 8.08. The monoisotopic (exact) mass is 306 g/mol. The van der Waals surface area contributed by atoms with Crippen molar-refractivity contribution in [1.82, 2.24) is 10.6 Å². The van der Waals surface area contributed by atoms with E-state index in [-0.39, 0.29) is 6.04 Å². The molecule has 0 radical (unpaired) electrons. The van der Waals surface area contributed by atoms with Gasteiger partial charge in [0.25, 0.3) is 0 Å². The predicted octanol–water partition coefficient (Wildman–Crippen LogP) is 2.41. The van der Waals surface area contributed by atoms with Crippen LogP contribution in [0.25, 0.3) is 0 Å². The molecule has 5 heteroatoms. The van der Waals surface area contributed by atoms with Crippen LogP contribution in [0.2, 0.25) is 0 Å². The van der Waals surface area contributed by atoms with Crippen molar-refractivity contribution in [1.29, 1.82) is 0 Å². The lowest BCUT2D eigenvalue weighted by atomic mass is 9.91. The zero-order chi connectivity index (χ0) is 15.6. The van der Waals surface area contributed by atoms with Crippen LogP contribution in [0.15, 0.2) is 30.3 Å². The van der Waals surface area contributed by atoms with E-state index < -0.39 is 6.09 Å². The minimum Gasteiger partial charge on any atom is -0.465 e. The van der Waals surface area contributed by atoms with Gasteiger partial charge in [-0.3, -0.25) is 0 Å². The zero-order valence-electron chi connectivity index (χ0n) is 13.0. The smallest absolute Gasteiger partial charge is 0.404 e. The standard InChI is InChI=1S/C17H26N2O3/c20-17(21)19-16-8-6-15(7-9-16)18-11-13-22-12-10-14-4-2-1-3-5-14/h1-5,15-16,18-19H,6-13H2,(H,20,21). The summed E-state index contributed by atoms with van der Waals surface area (Å²) in [5.41, 5.74) is 1.31. The number of nitrogens with one attached hydrogen (secondary N) is 2. The lowest BCUT2D eigenvalue weighted by Gasteiger charge is -2.29. The summed E-state index contributed by atoms with van der Waals surface area (Å²) in [6, 6.07) is 11.0. The molecular formula is C17H26N2O3. The second kappa shape index (κ2) is 9.43. The number of carbonyl (C=O) groups is 1. The number of amides is 1. The van der Waals surface area contributed by atoms with Crippen molar-refractivity contribution < 1.29 is 14.6 Å². The van der Waals surface area contributed by atoms with Crippen molar-refractivity contribution in [3.63, 3.8) is 0 Å². The molecule has 22 heavy (non-hydrogen) atoms. The Morgan fingerprint density at radius 1 is 1.09 bits per heavy atom. The van der Waals surface area contributed by atoms with Gasteiger partial charge in [-0.05, 0) is 37.7 Å². The first-order valence-electron chi connectivity index (χ1n) is 8.08. The van der Waals surface area contributed by atoms with E-state index in [0.29, 0.717) is 6.04 Å². The van der Waals surface area contributed by atoms with Gasteiger partial charge in [0.2, 0.25) is 0 Å². The molecule has 0 saturated heterocycles. The number of carboxylic acid groups (broad SMARTS) is 1. The molecule has 0 aromatic heterocycles. The van der Waals surface area contributed by atoms with Crippen LogP contribution < -0.4 is 10.6 Å². The third-order valence-corrected chi connectivity index (χ3v) is 4.11. The summed E-state index contributed by atoms with van der Waals surface area (Å²) in [4.78, 5) is 10.6. The largest absolute Gasteiger partial charge is 0.465 e. The Hall–Kier alpha value is -1.59. The van der Waals surface area contributed by atoms with Crippen LogP contribution in [-0.4, -0.2) is 43.0 Å². The third kappa shape index (κ3) is 6.45. The predicted molar refractivity (Wildman–Crippen MR) is 86.2 cm³/mol. The Morgan fingerprint density at radius 3 is 2.45 bits per heavy atom. The lowest BCUT2D eigenvalue weighted by molar-refractivity contribution is 0.134. The van der Waals surface area contributed by atoms with Crippen LogP contribution in [0.1, 0.15) is 31.2 Å². The van der Waals surface area contributed by atoms with Crippen LogP contribution >= 0.6 is 0 Å². The van der Waals surface area contributed by atoms with E-state index in [4.69, 9.17) is 9.84 Å². The Balaban J connectivity index is 1.47. The van der Waals surface area contributed by atoms with Gasteiger partial charge in [0.05, 0.1) is 13.2 Å². The summed E-state index contributed by atoms with van der Waals surface area (Å²) in [6.07, 6.45) is 3.91. The highest BCUT2D eigenvalue weighted by atomic mass is 16.5. The highest BCUT2D eigenvalue weighted by Gasteiger charge is 2.21. The van der Waals surface area contributed by atoms with Gasteiger partial charge in [0.1, 0.15) is 0 Å². The van der Waals surface area contributed by atoms with Crippen LogP contribution in [0.3, 0.4) is 0 Å². The Morgan fingerprint density at radius 2 is 1.77 bits per heavy atom. The average Bonchev–Trinajstić information content (AvgIpc) is 2.53. The molecule has 1 fully saturated rings. The Bertz CT molecular complexity index is 431. The molecule has 122 valence electrons. The number of hydrogen-bond donors (Lipinski definition) is 3. The van der Waals surface area contributed by atoms with E-state index in [0.717, 1.165) is 51.9 Å². The molecule has 0 spiro atoms. The average molecular weight is 306 g/mol. The molecule has 1 saturated carbocycles. The number of benzene rings is 1. The minimum absolute atomic E-state index is 0.123. The topological polar surface area (TPSA) is 70.6 Å². The van der Waals surface area contributed by atoms with Crippen molar-refractivity contribution in [2.24, 2.45) is 0 Å². The molecule has 0 aliphatic heterocycles. The van der Waals surface area contributed by atoms with E-state index in [1.54, 1.807) is 0 Å². The van der Waals surface area contributed by atoms with Crippen molar-refractivity contribution in [2.45, 2.75) is 44.2 Å². The van der Waals surface area contributed by atoms with E-state index in [1.807, 2.05) is 18.2 Å². The number of rotatable bonds is 8. The molecule has 0 bridgehead atoms. The van der Waals surface area contributed by atoms with Crippen molar-refractivity contribution in [3.8, 4) is 0 Å². The molecule has 0 atom stereocenters. The molecular weight excluding hydrogens is 280 g/mol. The maximum absolute atomic E-state index is 10.6. The quantitative estimate of drug-likeness (QED) is 0.645. The first-order chi connectivity index (χ1) is 10.7. The second-order valence-electron chi connectivity index (χ2n) is 5.80. The molecule has 1 aliphatic rings. The highest BCUT2D eigenvalue weighted by molar-refractivity contribution is 5.64. The molecule has 1 aromatic rings. The lowest BCUT2D eigenvalue weighted by Crippen LogP contribution is -2.42. The van der Waals surface area contributed by atoms with Crippen LogP contribution in [-0.2, 0) is 11.2 Å². The summed E-state index contributed by atoms with van der Waals surface area (Å²) in [7, 11) is 0. The number of ether oxygens (including phenoxy) is 1. The summed E-state index contributed by atoms with van der Waals surface area (Å²) >= 11 is 0. The molecule has 0 heterocycles. The molecule has 1 amide bonds. The number of hydrogen-bond acceptors (Lipinski definition) is 3. The SMILES string of the molecule is O=C(O)NC1CCC(NCCOCCc2ccccc2)CC1. The molecule has 5 nitrogen and oxygen atoms in total. The maximum Gasteiger partial charge on any atom is 0.404 e. The fourth-order valence-corrected chi connectivity index (χ4v) is 2.89. The van der Waals surface area contributed by atoms with Gasteiger partial charge in [0.15, 0.2) is 0 Å². The maximum atomic E-state index is 10.6. The van der Waals surface area contributed by atoms with Crippen molar-refractivity contribution >= 4 is 6.09 Å². The van der Waals surface area contributed by atoms with Crippen LogP contribution in [0, 0.1) is 0 Å². The van der Waals surface area contributed by atoms with Crippen LogP contribution in [0.4, 0.5) is 4.79 Å². The van der Waals surface area contributed by atoms with Gasteiger partial charge in [-0.15, -0.1) is 0 Å². The summed E-state index contributed by atoms with van der Waals surface area (Å²) in [5.74, 6) is 0. The van der Waals surface area contributed by atoms with E-state index in [9.17, 15) is 4.79 Å². The molecule has 1 aliphatic carbocycles. The van der Waals surface area contributed by atoms with Crippen molar-refractivity contribution in [2.75, 3.05) is 19.8 Å². The van der Waals surface area contributed by atoms with Gasteiger partial charge in [-0.2, -0.15) is 0 Å². The van der Waals surface area contributed by atoms with Crippen LogP contribution in [0.5, 0.6) is 0 Å². The fourth-order valence-electron chi connectivity index (χ4n) is 2.89. The van der Waals surface area contributed by atoms with Gasteiger partial charge < -0.3 is 20.5 Å². The fraction of sp³-hybridized carbons (Fsp3) is 0.588. The zero-order valence-corrected chi connectivity index (χ0v) is 13.0. The normalized spacial score (nSPS) is 21.5. The summed E-state index contributed by atoms with van der Waals surface area (Å²) < 4.78 is 5.65. The van der Waals surface area contributed by atoms with Crippen molar-refractivity contribution in [3.05, 3.63) is 35.9 Å². The third-order valence-electron chi connectivity index (χ3n) is 4.11. The molecule has 2 rings (SSSR count). The summed E-state index contributed by atoms with van der Waals surface area (Å²) in [6.45, 7) is 2.33. The molecule has 1 aromatic carbocycles. The first kappa shape index (κ1) is 16.8. The minimum atomic E-state index is -0.914. The Labute approximate surface area is 132 Å².